The Balaban J connectivity index is 3.47. The van der Waals surface area contributed by atoms with Gasteiger partial charge in [-0.2, -0.15) is 12.6 Å². The van der Waals surface area contributed by atoms with E-state index < -0.39 is 0 Å². The molecule has 0 N–H and O–H groups in total. The number of hydrogen-bond donors (Lipinski definition) is 1. The van der Waals surface area contributed by atoms with Crippen LogP contribution in [-0.2, 0) is 0 Å². The molecule has 0 aliphatic carbocycles. The third-order valence-electron chi connectivity index (χ3n) is 2.30. The highest BCUT2D eigenvalue weighted by Gasteiger charge is 2.09. The summed E-state index contributed by atoms with van der Waals surface area (Å²) in [6.45, 7) is 8.89. The van der Waals surface area contributed by atoms with Crippen LogP contribution >= 0.6 is 12.6 Å². The van der Waals surface area contributed by atoms with Crippen LogP contribution in [0.15, 0.2) is 0 Å². The van der Waals surface area contributed by atoms with Crippen LogP contribution in [0, 0.1) is 0 Å². The lowest BCUT2D eigenvalue weighted by Crippen LogP contribution is -2.30. The molecule has 0 bridgehead atoms. The monoisotopic (exact) mass is 189 g/mol. The van der Waals surface area contributed by atoms with Crippen molar-refractivity contribution in [3.05, 3.63) is 0 Å². The van der Waals surface area contributed by atoms with Gasteiger partial charge in [-0.1, -0.05) is 40.0 Å². The molecule has 0 saturated heterocycles. The predicted molar refractivity (Wildman–Crippen MR) is 59.8 cm³/mol. The van der Waals surface area contributed by atoms with Gasteiger partial charge in [0, 0.05) is 0 Å². The first-order chi connectivity index (χ1) is 5.76. The van der Waals surface area contributed by atoms with Gasteiger partial charge < -0.3 is 0 Å². The van der Waals surface area contributed by atoms with Gasteiger partial charge in [0.05, 0.1) is 5.37 Å². The summed E-state index contributed by atoms with van der Waals surface area (Å²) in [5.41, 5.74) is 0. The molecule has 0 spiro atoms. The molecule has 1 unspecified atom stereocenters. The van der Waals surface area contributed by atoms with Crippen LogP contribution in [0.1, 0.15) is 46.5 Å². The molecule has 0 fully saturated rings. The molecule has 0 rings (SSSR count). The second kappa shape index (κ2) is 7.93. The average Bonchev–Trinajstić information content (AvgIpc) is 2.07. The zero-order chi connectivity index (χ0) is 9.40. The zero-order valence-electron chi connectivity index (χ0n) is 8.71. The van der Waals surface area contributed by atoms with Crippen LogP contribution < -0.4 is 0 Å². The molecule has 0 aromatic carbocycles. The fourth-order valence-electron chi connectivity index (χ4n) is 1.40. The van der Waals surface area contributed by atoms with Crippen molar-refractivity contribution in [3.8, 4) is 0 Å². The van der Waals surface area contributed by atoms with Crippen LogP contribution in [-0.4, -0.2) is 23.4 Å². The van der Waals surface area contributed by atoms with Gasteiger partial charge in [0.2, 0.25) is 0 Å². The lowest BCUT2D eigenvalue weighted by Gasteiger charge is -2.25. The maximum atomic E-state index is 4.58. The van der Waals surface area contributed by atoms with E-state index in [0.717, 1.165) is 13.1 Å². The normalized spacial score (nSPS) is 13.8. The lowest BCUT2D eigenvalue weighted by molar-refractivity contribution is 0.271. The summed E-state index contributed by atoms with van der Waals surface area (Å²) >= 11 is 4.58. The van der Waals surface area contributed by atoms with Crippen molar-refractivity contribution in [1.82, 2.24) is 4.90 Å². The molecule has 0 amide bonds. The molecule has 0 radical (unpaired) electrons. The highest BCUT2D eigenvalue weighted by atomic mass is 32.1. The summed E-state index contributed by atoms with van der Waals surface area (Å²) in [5, 5.41) is 0.478. The molecule has 0 aromatic rings. The minimum absolute atomic E-state index is 0.478. The number of rotatable bonds is 7. The maximum Gasteiger partial charge on any atom is 0.0527 e. The van der Waals surface area contributed by atoms with Crippen molar-refractivity contribution in [2.45, 2.75) is 51.8 Å². The van der Waals surface area contributed by atoms with E-state index in [1.807, 2.05) is 0 Å². The van der Waals surface area contributed by atoms with Gasteiger partial charge in [-0.05, 0) is 19.5 Å². The Morgan fingerprint density at radius 3 is 2.08 bits per heavy atom. The van der Waals surface area contributed by atoms with Crippen LogP contribution in [0.4, 0.5) is 0 Å². The quantitative estimate of drug-likeness (QED) is 0.366. The lowest BCUT2D eigenvalue weighted by atomic mass is 10.2. The summed E-state index contributed by atoms with van der Waals surface area (Å²) in [5.74, 6) is 0. The molecule has 0 saturated carbocycles. The smallest absolute Gasteiger partial charge is 0.0527 e. The Morgan fingerprint density at radius 1 is 1.08 bits per heavy atom. The van der Waals surface area contributed by atoms with E-state index in [4.69, 9.17) is 0 Å². The van der Waals surface area contributed by atoms with Crippen molar-refractivity contribution in [3.63, 3.8) is 0 Å². The minimum atomic E-state index is 0.478. The fourth-order valence-corrected chi connectivity index (χ4v) is 1.91. The molecule has 2 heteroatoms. The standard InChI is InChI=1S/C10H23NS/c1-4-7-8-9-10(12)11(5-2)6-3/h10,12H,4-9H2,1-3H3. The molecule has 74 valence electrons. The van der Waals surface area contributed by atoms with Crippen molar-refractivity contribution in [1.29, 1.82) is 0 Å². The summed E-state index contributed by atoms with van der Waals surface area (Å²) in [7, 11) is 0. The van der Waals surface area contributed by atoms with Gasteiger partial charge in [-0.3, -0.25) is 4.90 Å². The molecule has 12 heavy (non-hydrogen) atoms. The predicted octanol–water partition coefficient (Wildman–Crippen LogP) is 3.16. The van der Waals surface area contributed by atoms with Crippen LogP contribution in [0.2, 0.25) is 0 Å². The molecule has 0 aliphatic heterocycles. The van der Waals surface area contributed by atoms with Crippen molar-refractivity contribution < 1.29 is 0 Å². The molecule has 1 atom stereocenters. The average molecular weight is 189 g/mol. The zero-order valence-corrected chi connectivity index (χ0v) is 9.61. The first-order valence-corrected chi connectivity index (χ1v) is 5.69. The molecule has 0 aromatic heterocycles. The maximum absolute atomic E-state index is 4.58. The third-order valence-corrected chi connectivity index (χ3v) is 2.88. The highest BCUT2D eigenvalue weighted by molar-refractivity contribution is 7.80. The van der Waals surface area contributed by atoms with Crippen molar-refractivity contribution >= 4 is 12.6 Å². The van der Waals surface area contributed by atoms with Gasteiger partial charge in [0.25, 0.3) is 0 Å². The number of hydrogen-bond acceptors (Lipinski definition) is 2. The Labute approximate surface area is 82.9 Å². The Kier molecular flexibility index (Phi) is 8.14. The topological polar surface area (TPSA) is 3.24 Å². The molecule has 0 heterocycles. The molecule has 0 aliphatic rings. The largest absolute Gasteiger partial charge is 0.292 e. The fraction of sp³-hybridized carbons (Fsp3) is 1.00. The van der Waals surface area contributed by atoms with E-state index in [1.54, 1.807) is 0 Å². The van der Waals surface area contributed by atoms with Crippen LogP contribution in [0.5, 0.6) is 0 Å². The number of thiol groups is 1. The van der Waals surface area contributed by atoms with E-state index in [0.29, 0.717) is 5.37 Å². The summed E-state index contributed by atoms with van der Waals surface area (Å²) in [6.07, 6.45) is 5.21. The summed E-state index contributed by atoms with van der Waals surface area (Å²) in [4.78, 5) is 2.40. The Hall–Kier alpha value is 0.310. The summed E-state index contributed by atoms with van der Waals surface area (Å²) in [6, 6.07) is 0. The molecule has 1 nitrogen and oxygen atoms in total. The summed E-state index contributed by atoms with van der Waals surface area (Å²) < 4.78 is 0. The first-order valence-electron chi connectivity index (χ1n) is 5.18. The molecular weight excluding hydrogens is 166 g/mol. The van der Waals surface area contributed by atoms with Crippen molar-refractivity contribution in [2.75, 3.05) is 13.1 Å². The van der Waals surface area contributed by atoms with Crippen LogP contribution in [0.3, 0.4) is 0 Å². The first kappa shape index (κ1) is 12.3. The Bertz CT molecular complexity index is 91.8. The van der Waals surface area contributed by atoms with Gasteiger partial charge in [-0.15, -0.1) is 0 Å². The second-order valence-electron chi connectivity index (χ2n) is 3.20. The SMILES string of the molecule is CCCCCC(S)N(CC)CC. The van der Waals surface area contributed by atoms with E-state index in [-0.39, 0.29) is 0 Å². The molecular formula is C10H23NS. The van der Waals surface area contributed by atoms with Gasteiger partial charge in [0.15, 0.2) is 0 Å². The van der Waals surface area contributed by atoms with Gasteiger partial charge in [-0.25, -0.2) is 0 Å². The minimum Gasteiger partial charge on any atom is -0.292 e. The third kappa shape index (κ3) is 5.04. The van der Waals surface area contributed by atoms with E-state index in [9.17, 15) is 0 Å². The number of unbranched alkanes of at least 4 members (excludes halogenated alkanes) is 2. The van der Waals surface area contributed by atoms with Gasteiger partial charge in [0.1, 0.15) is 0 Å². The van der Waals surface area contributed by atoms with Crippen LogP contribution in [0.25, 0.3) is 0 Å². The van der Waals surface area contributed by atoms with E-state index >= 15 is 0 Å². The highest BCUT2D eigenvalue weighted by Crippen LogP contribution is 2.12. The second-order valence-corrected chi connectivity index (χ2v) is 3.79. The van der Waals surface area contributed by atoms with Crippen molar-refractivity contribution in [2.24, 2.45) is 0 Å². The van der Waals surface area contributed by atoms with Gasteiger partial charge >= 0.3 is 0 Å². The Morgan fingerprint density at radius 2 is 1.67 bits per heavy atom. The number of nitrogens with zero attached hydrogens (tertiary/aromatic N) is 1. The van der Waals surface area contributed by atoms with E-state index in [2.05, 4.69) is 38.3 Å². The van der Waals surface area contributed by atoms with E-state index in [1.165, 1.54) is 25.7 Å².